The Morgan fingerprint density at radius 2 is 2.25 bits per heavy atom. The van der Waals surface area contributed by atoms with E-state index in [1.807, 2.05) is 29.2 Å². The van der Waals surface area contributed by atoms with Crippen LogP contribution in [0.1, 0.15) is 12.8 Å². The fourth-order valence-electron chi connectivity index (χ4n) is 2.64. The smallest absolute Gasteiger partial charge is 0.243 e. The summed E-state index contributed by atoms with van der Waals surface area (Å²) in [6, 6.07) is 3.65. The number of aromatic nitrogens is 1. The zero-order chi connectivity index (χ0) is 13.8. The SMILES string of the molecule is O=C([C@H]1C=CCN1)N1CCC(Oc2cccnc2)CC1. The molecule has 1 saturated heterocycles. The van der Waals surface area contributed by atoms with Crippen molar-refractivity contribution in [3.63, 3.8) is 0 Å². The minimum absolute atomic E-state index is 0.134. The zero-order valence-corrected chi connectivity index (χ0v) is 11.4. The molecule has 5 heteroatoms. The van der Waals surface area contributed by atoms with Crippen LogP contribution in [0.25, 0.3) is 0 Å². The highest BCUT2D eigenvalue weighted by atomic mass is 16.5. The fourth-order valence-corrected chi connectivity index (χ4v) is 2.64. The van der Waals surface area contributed by atoms with Crippen molar-refractivity contribution in [2.75, 3.05) is 19.6 Å². The van der Waals surface area contributed by atoms with Gasteiger partial charge in [-0.15, -0.1) is 0 Å². The Morgan fingerprint density at radius 1 is 1.40 bits per heavy atom. The average molecular weight is 273 g/mol. The van der Waals surface area contributed by atoms with Crippen LogP contribution < -0.4 is 10.1 Å². The Balaban J connectivity index is 1.49. The van der Waals surface area contributed by atoms with Crippen molar-refractivity contribution in [1.82, 2.24) is 15.2 Å². The van der Waals surface area contributed by atoms with Crippen LogP contribution in [0.15, 0.2) is 36.7 Å². The molecule has 0 aromatic carbocycles. The molecule has 0 bridgehead atoms. The maximum atomic E-state index is 12.2. The summed E-state index contributed by atoms with van der Waals surface area (Å²) >= 11 is 0. The van der Waals surface area contributed by atoms with Gasteiger partial charge >= 0.3 is 0 Å². The van der Waals surface area contributed by atoms with Crippen LogP contribution >= 0.6 is 0 Å². The van der Waals surface area contributed by atoms with Gasteiger partial charge in [-0.3, -0.25) is 15.1 Å². The topological polar surface area (TPSA) is 54.5 Å². The molecule has 0 spiro atoms. The molecule has 1 N–H and O–H groups in total. The van der Waals surface area contributed by atoms with Gasteiger partial charge in [0, 0.05) is 38.7 Å². The van der Waals surface area contributed by atoms with Gasteiger partial charge < -0.3 is 9.64 Å². The van der Waals surface area contributed by atoms with Gasteiger partial charge in [0.2, 0.25) is 5.91 Å². The van der Waals surface area contributed by atoms with Crippen molar-refractivity contribution >= 4 is 5.91 Å². The number of likely N-dealkylation sites (tertiary alicyclic amines) is 1. The summed E-state index contributed by atoms with van der Waals surface area (Å²) in [4.78, 5) is 18.2. The van der Waals surface area contributed by atoms with E-state index in [1.54, 1.807) is 12.4 Å². The molecule has 3 rings (SSSR count). The van der Waals surface area contributed by atoms with Crippen molar-refractivity contribution in [3.8, 4) is 5.75 Å². The maximum Gasteiger partial charge on any atom is 0.243 e. The lowest BCUT2D eigenvalue weighted by molar-refractivity contribution is -0.133. The quantitative estimate of drug-likeness (QED) is 0.834. The second-order valence-electron chi connectivity index (χ2n) is 5.15. The van der Waals surface area contributed by atoms with Gasteiger partial charge in [-0.1, -0.05) is 12.2 Å². The maximum absolute atomic E-state index is 12.2. The van der Waals surface area contributed by atoms with Crippen LogP contribution in [0, 0.1) is 0 Å². The van der Waals surface area contributed by atoms with Gasteiger partial charge in [0.15, 0.2) is 0 Å². The number of carbonyl (C=O) groups is 1. The van der Waals surface area contributed by atoms with E-state index in [1.165, 1.54) is 0 Å². The minimum atomic E-state index is -0.134. The van der Waals surface area contributed by atoms with Crippen LogP contribution in [0.5, 0.6) is 5.75 Å². The molecule has 0 aliphatic carbocycles. The molecule has 1 aromatic rings. The number of hydrogen-bond acceptors (Lipinski definition) is 4. The number of carbonyl (C=O) groups excluding carboxylic acids is 1. The third-order valence-electron chi connectivity index (χ3n) is 3.74. The molecule has 0 unspecified atom stereocenters. The van der Waals surface area contributed by atoms with E-state index >= 15 is 0 Å². The summed E-state index contributed by atoms with van der Waals surface area (Å²) < 4.78 is 5.88. The van der Waals surface area contributed by atoms with Gasteiger partial charge in [-0.2, -0.15) is 0 Å². The highest BCUT2D eigenvalue weighted by Crippen LogP contribution is 2.18. The molecule has 1 aromatic heterocycles. The zero-order valence-electron chi connectivity index (χ0n) is 11.4. The van der Waals surface area contributed by atoms with Gasteiger partial charge in [0.25, 0.3) is 0 Å². The number of nitrogens with one attached hydrogen (secondary N) is 1. The Morgan fingerprint density at radius 3 is 2.90 bits per heavy atom. The molecular weight excluding hydrogens is 254 g/mol. The normalized spacial score (nSPS) is 23.0. The molecule has 0 saturated carbocycles. The van der Waals surface area contributed by atoms with Crippen LogP contribution in [-0.2, 0) is 4.79 Å². The number of ether oxygens (including phenoxy) is 1. The first-order valence-electron chi connectivity index (χ1n) is 7.08. The van der Waals surface area contributed by atoms with Crippen LogP contribution in [0.2, 0.25) is 0 Å². The molecule has 2 aliphatic heterocycles. The number of nitrogens with zero attached hydrogens (tertiary/aromatic N) is 2. The first kappa shape index (κ1) is 13.1. The second-order valence-corrected chi connectivity index (χ2v) is 5.15. The van der Waals surface area contributed by atoms with Gasteiger partial charge in [-0.25, -0.2) is 0 Å². The number of rotatable bonds is 3. The second kappa shape index (κ2) is 6.05. The average Bonchev–Trinajstić information content (AvgIpc) is 3.03. The first-order valence-corrected chi connectivity index (χ1v) is 7.08. The lowest BCUT2D eigenvalue weighted by Crippen LogP contribution is -2.48. The fraction of sp³-hybridized carbons (Fsp3) is 0.467. The summed E-state index contributed by atoms with van der Waals surface area (Å²) in [5.74, 6) is 0.983. The van der Waals surface area contributed by atoms with E-state index in [9.17, 15) is 4.79 Å². The molecule has 0 radical (unpaired) electrons. The highest BCUT2D eigenvalue weighted by molar-refractivity contribution is 5.84. The number of pyridine rings is 1. The number of hydrogen-bond donors (Lipinski definition) is 1. The van der Waals surface area contributed by atoms with Crippen LogP contribution in [0.3, 0.4) is 0 Å². The molecule has 3 heterocycles. The largest absolute Gasteiger partial charge is 0.489 e. The van der Waals surface area contributed by atoms with E-state index in [0.717, 1.165) is 38.2 Å². The number of amides is 1. The van der Waals surface area contributed by atoms with Crippen molar-refractivity contribution in [2.45, 2.75) is 25.0 Å². The third kappa shape index (κ3) is 2.99. The third-order valence-corrected chi connectivity index (χ3v) is 3.74. The Labute approximate surface area is 118 Å². The first-order chi connectivity index (χ1) is 9.83. The highest BCUT2D eigenvalue weighted by Gasteiger charge is 2.28. The lowest BCUT2D eigenvalue weighted by Gasteiger charge is -2.33. The summed E-state index contributed by atoms with van der Waals surface area (Å²) in [6.07, 6.45) is 9.33. The molecule has 20 heavy (non-hydrogen) atoms. The molecule has 1 atom stereocenters. The van der Waals surface area contributed by atoms with E-state index < -0.39 is 0 Å². The van der Waals surface area contributed by atoms with Crippen molar-refractivity contribution in [3.05, 3.63) is 36.7 Å². The molecule has 2 aliphatic rings. The molecule has 1 amide bonds. The summed E-state index contributed by atoms with van der Waals surface area (Å²) in [5.41, 5.74) is 0. The van der Waals surface area contributed by atoms with E-state index in [2.05, 4.69) is 10.3 Å². The predicted molar refractivity (Wildman–Crippen MR) is 75.4 cm³/mol. The lowest BCUT2D eigenvalue weighted by atomic mass is 10.1. The van der Waals surface area contributed by atoms with Crippen molar-refractivity contribution in [2.24, 2.45) is 0 Å². The minimum Gasteiger partial charge on any atom is -0.489 e. The summed E-state index contributed by atoms with van der Waals surface area (Å²) in [5, 5.41) is 3.16. The van der Waals surface area contributed by atoms with Gasteiger partial charge in [-0.05, 0) is 12.1 Å². The van der Waals surface area contributed by atoms with E-state index in [4.69, 9.17) is 4.74 Å². The Kier molecular flexibility index (Phi) is 3.97. The Hall–Kier alpha value is -1.88. The standard InChI is InChI=1S/C15H19N3O2/c19-15(14-4-2-8-17-14)18-9-5-12(6-10-18)20-13-3-1-7-16-11-13/h1-4,7,11-12,14,17H,5-6,8-10H2/t14-/m1/s1. The van der Waals surface area contributed by atoms with Crippen molar-refractivity contribution in [1.29, 1.82) is 0 Å². The Bertz CT molecular complexity index is 481. The predicted octanol–water partition coefficient (Wildman–Crippen LogP) is 0.979. The molecule has 5 nitrogen and oxygen atoms in total. The molecule has 1 fully saturated rings. The molecular formula is C15H19N3O2. The number of piperidine rings is 1. The van der Waals surface area contributed by atoms with Crippen molar-refractivity contribution < 1.29 is 9.53 Å². The summed E-state index contributed by atoms with van der Waals surface area (Å²) in [7, 11) is 0. The van der Waals surface area contributed by atoms with Gasteiger partial charge in [0.05, 0.1) is 6.20 Å². The van der Waals surface area contributed by atoms with E-state index in [0.29, 0.717) is 0 Å². The molecule has 106 valence electrons. The van der Waals surface area contributed by atoms with Crippen LogP contribution in [-0.4, -0.2) is 47.6 Å². The monoisotopic (exact) mass is 273 g/mol. The van der Waals surface area contributed by atoms with Crippen LogP contribution in [0.4, 0.5) is 0 Å². The summed E-state index contributed by atoms with van der Waals surface area (Å²) in [6.45, 7) is 2.31. The van der Waals surface area contributed by atoms with Gasteiger partial charge in [0.1, 0.15) is 17.9 Å². The van der Waals surface area contributed by atoms with E-state index in [-0.39, 0.29) is 18.1 Å².